The van der Waals surface area contributed by atoms with Crippen LogP contribution in [0.1, 0.15) is 5.56 Å². The first kappa shape index (κ1) is 7.56. The number of hydrogen-bond acceptors (Lipinski definition) is 2. The average Bonchev–Trinajstić information content (AvgIpc) is 2.18. The molecule has 1 aromatic heterocycles. The van der Waals surface area contributed by atoms with Crippen molar-refractivity contribution >= 4 is 10.9 Å². The van der Waals surface area contributed by atoms with Crippen molar-refractivity contribution in [3.63, 3.8) is 0 Å². The molecule has 0 radical (unpaired) electrons. The number of hydrogen-bond donors (Lipinski definition) is 1. The van der Waals surface area contributed by atoms with Crippen molar-refractivity contribution in [3.8, 4) is 12.3 Å². The summed E-state index contributed by atoms with van der Waals surface area (Å²) in [6.45, 7) is 0. The van der Waals surface area contributed by atoms with Crippen molar-refractivity contribution in [2.75, 3.05) is 0 Å². The zero-order chi connectivity index (χ0) is 9.26. The summed E-state index contributed by atoms with van der Waals surface area (Å²) >= 11 is 0. The number of benzene rings is 1. The molecule has 0 bridgehead atoms. The Morgan fingerprint density at radius 1 is 1.46 bits per heavy atom. The Hall–Kier alpha value is -2.08. The van der Waals surface area contributed by atoms with E-state index in [-0.39, 0.29) is 5.56 Å². The van der Waals surface area contributed by atoms with Crippen LogP contribution >= 0.6 is 0 Å². The minimum atomic E-state index is -0.145. The molecule has 0 aliphatic rings. The molecule has 0 saturated heterocycles. The van der Waals surface area contributed by atoms with Gasteiger partial charge in [0.05, 0.1) is 17.2 Å². The minimum Gasteiger partial charge on any atom is -0.313 e. The van der Waals surface area contributed by atoms with Crippen LogP contribution in [0.3, 0.4) is 0 Å². The van der Waals surface area contributed by atoms with Gasteiger partial charge < -0.3 is 4.98 Å². The van der Waals surface area contributed by atoms with E-state index in [2.05, 4.69) is 15.9 Å². The lowest BCUT2D eigenvalue weighted by Gasteiger charge is -1.95. The molecule has 62 valence electrons. The molecule has 0 aliphatic heterocycles. The Kier molecular flexibility index (Phi) is 1.60. The van der Waals surface area contributed by atoms with Gasteiger partial charge in [0.2, 0.25) is 0 Å². The van der Waals surface area contributed by atoms with Crippen molar-refractivity contribution < 1.29 is 0 Å². The summed E-state index contributed by atoms with van der Waals surface area (Å²) in [5.41, 5.74) is 1.21. The third-order valence-corrected chi connectivity index (χ3v) is 1.81. The Morgan fingerprint density at radius 3 is 3.08 bits per heavy atom. The predicted molar refractivity (Wildman–Crippen MR) is 50.3 cm³/mol. The normalized spacial score (nSPS) is 9.77. The molecule has 0 amide bonds. The Balaban J connectivity index is 2.90. The second-order valence-corrected chi connectivity index (χ2v) is 2.61. The largest absolute Gasteiger partial charge is 0.313 e. The number of terminal acetylenes is 1. The van der Waals surface area contributed by atoms with Gasteiger partial charge in [-0.1, -0.05) is 5.92 Å². The molecule has 2 aromatic rings. The summed E-state index contributed by atoms with van der Waals surface area (Å²) < 4.78 is 0. The maximum absolute atomic E-state index is 11.2. The molecule has 3 nitrogen and oxygen atoms in total. The number of aromatic amines is 1. The van der Waals surface area contributed by atoms with Crippen LogP contribution in [0, 0.1) is 12.3 Å². The molecule has 13 heavy (non-hydrogen) atoms. The van der Waals surface area contributed by atoms with Crippen LogP contribution in [0.15, 0.2) is 29.3 Å². The summed E-state index contributed by atoms with van der Waals surface area (Å²) in [5, 5.41) is 0.557. The number of H-pyrrole nitrogens is 1. The smallest absolute Gasteiger partial charge is 0.258 e. The van der Waals surface area contributed by atoms with Gasteiger partial charge in [0.1, 0.15) is 0 Å². The molecule has 0 atom stereocenters. The molecule has 1 N–H and O–H groups in total. The van der Waals surface area contributed by atoms with E-state index in [0.29, 0.717) is 10.9 Å². The van der Waals surface area contributed by atoms with Gasteiger partial charge >= 0.3 is 0 Å². The fourth-order valence-electron chi connectivity index (χ4n) is 1.16. The van der Waals surface area contributed by atoms with E-state index in [9.17, 15) is 4.79 Å². The first-order valence-electron chi connectivity index (χ1n) is 3.75. The highest BCUT2D eigenvalue weighted by molar-refractivity contribution is 5.78. The Morgan fingerprint density at radius 2 is 2.31 bits per heavy atom. The predicted octanol–water partition coefficient (Wildman–Crippen LogP) is 0.904. The fraction of sp³-hybridized carbons (Fsp3) is 0. The van der Waals surface area contributed by atoms with Crippen molar-refractivity contribution in [3.05, 3.63) is 40.4 Å². The quantitative estimate of drug-likeness (QED) is 0.597. The molecule has 0 unspecified atom stereocenters. The molecule has 2 rings (SSSR count). The van der Waals surface area contributed by atoms with E-state index < -0.39 is 0 Å². The summed E-state index contributed by atoms with van der Waals surface area (Å²) in [4.78, 5) is 17.7. The van der Waals surface area contributed by atoms with E-state index >= 15 is 0 Å². The molecule has 0 spiro atoms. The SMILES string of the molecule is C#Cc1ccc2c(=O)[nH]cnc2c1. The average molecular weight is 170 g/mol. The number of fused-ring (bicyclic) bond motifs is 1. The minimum absolute atomic E-state index is 0.145. The van der Waals surface area contributed by atoms with Crippen LogP contribution in [0.4, 0.5) is 0 Å². The van der Waals surface area contributed by atoms with Crippen LogP contribution in [-0.4, -0.2) is 9.97 Å². The highest BCUT2D eigenvalue weighted by Gasteiger charge is 1.98. The standard InChI is InChI=1S/C10H6N2O/c1-2-7-3-4-8-9(5-7)11-6-12-10(8)13/h1,3-6H,(H,11,12,13). The summed E-state index contributed by atoms with van der Waals surface area (Å²) in [6.07, 6.45) is 6.58. The third-order valence-electron chi connectivity index (χ3n) is 1.81. The van der Waals surface area contributed by atoms with Crippen molar-refractivity contribution in [2.45, 2.75) is 0 Å². The van der Waals surface area contributed by atoms with Crippen LogP contribution in [0.5, 0.6) is 0 Å². The monoisotopic (exact) mass is 170 g/mol. The lowest BCUT2D eigenvalue weighted by atomic mass is 10.1. The van der Waals surface area contributed by atoms with E-state index in [1.165, 1.54) is 6.33 Å². The summed E-state index contributed by atoms with van der Waals surface area (Å²) in [7, 11) is 0. The second kappa shape index (κ2) is 2.76. The maximum atomic E-state index is 11.2. The second-order valence-electron chi connectivity index (χ2n) is 2.61. The van der Waals surface area contributed by atoms with Crippen molar-refractivity contribution in [2.24, 2.45) is 0 Å². The molecule has 0 fully saturated rings. The van der Waals surface area contributed by atoms with E-state index in [1.807, 2.05) is 0 Å². The maximum Gasteiger partial charge on any atom is 0.258 e. The molecule has 0 aliphatic carbocycles. The molecular formula is C10H6N2O. The van der Waals surface area contributed by atoms with Crippen LogP contribution < -0.4 is 5.56 Å². The lowest BCUT2D eigenvalue weighted by molar-refractivity contribution is 1.17. The van der Waals surface area contributed by atoms with Gasteiger partial charge in [-0.15, -0.1) is 6.42 Å². The zero-order valence-corrected chi connectivity index (χ0v) is 6.74. The van der Waals surface area contributed by atoms with Gasteiger partial charge in [0.25, 0.3) is 5.56 Å². The fourth-order valence-corrected chi connectivity index (χ4v) is 1.16. The van der Waals surface area contributed by atoms with Crippen molar-refractivity contribution in [1.82, 2.24) is 9.97 Å². The van der Waals surface area contributed by atoms with Gasteiger partial charge in [0.15, 0.2) is 0 Å². The molecule has 1 heterocycles. The molecule has 1 aromatic carbocycles. The van der Waals surface area contributed by atoms with Crippen molar-refractivity contribution in [1.29, 1.82) is 0 Å². The number of nitrogens with zero attached hydrogens (tertiary/aromatic N) is 1. The van der Waals surface area contributed by atoms with E-state index in [4.69, 9.17) is 6.42 Å². The van der Waals surface area contributed by atoms with Gasteiger partial charge in [-0.2, -0.15) is 0 Å². The number of rotatable bonds is 0. The highest BCUT2D eigenvalue weighted by Crippen LogP contribution is 2.07. The van der Waals surface area contributed by atoms with Gasteiger partial charge in [-0.3, -0.25) is 4.79 Å². The summed E-state index contributed by atoms with van der Waals surface area (Å²) in [6, 6.07) is 5.11. The third kappa shape index (κ3) is 1.18. The molecular weight excluding hydrogens is 164 g/mol. The Labute approximate surface area is 74.4 Å². The Bertz CT molecular complexity index is 549. The van der Waals surface area contributed by atoms with Crippen LogP contribution in [-0.2, 0) is 0 Å². The first-order chi connectivity index (χ1) is 6.31. The molecule has 0 saturated carbocycles. The topological polar surface area (TPSA) is 45.8 Å². The number of aromatic nitrogens is 2. The zero-order valence-electron chi connectivity index (χ0n) is 6.74. The summed E-state index contributed by atoms with van der Waals surface area (Å²) in [5.74, 6) is 2.49. The van der Waals surface area contributed by atoms with Crippen LogP contribution in [0.2, 0.25) is 0 Å². The first-order valence-corrected chi connectivity index (χ1v) is 3.75. The van der Waals surface area contributed by atoms with Gasteiger partial charge in [-0.05, 0) is 18.2 Å². The van der Waals surface area contributed by atoms with Crippen LogP contribution in [0.25, 0.3) is 10.9 Å². The lowest BCUT2D eigenvalue weighted by Crippen LogP contribution is -2.05. The van der Waals surface area contributed by atoms with Gasteiger partial charge in [-0.25, -0.2) is 4.98 Å². The molecule has 3 heteroatoms. The highest BCUT2D eigenvalue weighted by atomic mass is 16.1. The van der Waals surface area contributed by atoms with E-state index in [1.54, 1.807) is 18.2 Å². The van der Waals surface area contributed by atoms with Gasteiger partial charge in [0, 0.05) is 5.56 Å². The van der Waals surface area contributed by atoms with E-state index in [0.717, 1.165) is 5.56 Å². The number of nitrogens with one attached hydrogen (secondary N) is 1.